The summed E-state index contributed by atoms with van der Waals surface area (Å²) in [5.74, 6) is 0.463. The molecule has 5 nitrogen and oxygen atoms in total. The molecule has 0 saturated carbocycles. The van der Waals surface area contributed by atoms with Crippen molar-refractivity contribution in [3.05, 3.63) is 30.5 Å². The maximum absolute atomic E-state index is 10.9. The van der Waals surface area contributed by atoms with Gasteiger partial charge < -0.3 is 15.1 Å². The van der Waals surface area contributed by atoms with E-state index in [2.05, 4.69) is 9.88 Å². The van der Waals surface area contributed by atoms with Crippen LogP contribution >= 0.6 is 0 Å². The van der Waals surface area contributed by atoms with E-state index < -0.39 is 5.97 Å². The number of aromatic nitrogens is 1. The molecule has 3 rings (SSSR count). The molecule has 0 radical (unpaired) electrons. The van der Waals surface area contributed by atoms with Crippen molar-refractivity contribution in [3.63, 3.8) is 0 Å². The van der Waals surface area contributed by atoms with Crippen LogP contribution in [0, 0.1) is 5.92 Å². The van der Waals surface area contributed by atoms with E-state index in [0.29, 0.717) is 6.54 Å². The Balaban J connectivity index is 1.92. The number of benzene rings is 1. The molecule has 0 spiro atoms. The lowest BCUT2D eigenvalue weighted by Gasteiger charge is -2.33. The zero-order chi connectivity index (χ0) is 14.8. The Bertz CT molecular complexity index is 672. The molecule has 2 aromatic rings. The van der Waals surface area contributed by atoms with Crippen molar-refractivity contribution in [3.8, 4) is 5.75 Å². The van der Waals surface area contributed by atoms with E-state index in [0.717, 1.165) is 36.0 Å². The second-order valence-electron chi connectivity index (χ2n) is 5.59. The molecule has 110 valence electrons. The monoisotopic (exact) mass is 286 g/mol. The maximum Gasteiger partial charge on any atom is 0.303 e. The predicted octanol–water partition coefficient (Wildman–Crippen LogP) is 2.63. The third-order valence-corrected chi connectivity index (χ3v) is 4.01. The van der Waals surface area contributed by atoms with Gasteiger partial charge in [-0.3, -0.25) is 4.79 Å². The van der Waals surface area contributed by atoms with Gasteiger partial charge in [0.05, 0.1) is 0 Å². The minimum absolute atomic E-state index is 0.158. The Morgan fingerprint density at radius 1 is 1.38 bits per heavy atom. The van der Waals surface area contributed by atoms with Crippen LogP contribution in [-0.4, -0.2) is 34.3 Å². The lowest BCUT2D eigenvalue weighted by atomic mass is 9.94. The highest BCUT2D eigenvalue weighted by Crippen LogP contribution is 2.31. The molecular formula is C16H18N2O3. The summed E-state index contributed by atoms with van der Waals surface area (Å²) < 4.78 is 0. The number of carboxylic acids is 1. The number of carbonyl (C=O) groups is 1. The molecular weight excluding hydrogens is 268 g/mol. The van der Waals surface area contributed by atoms with Gasteiger partial charge in [-0.05, 0) is 42.3 Å². The third kappa shape index (κ3) is 2.91. The van der Waals surface area contributed by atoms with Crippen molar-refractivity contribution in [1.29, 1.82) is 0 Å². The Kier molecular flexibility index (Phi) is 3.64. The van der Waals surface area contributed by atoms with Crippen LogP contribution in [0.15, 0.2) is 30.5 Å². The van der Waals surface area contributed by atoms with E-state index in [-0.39, 0.29) is 18.1 Å². The van der Waals surface area contributed by atoms with Crippen molar-refractivity contribution >= 4 is 22.6 Å². The first-order valence-corrected chi connectivity index (χ1v) is 7.18. The van der Waals surface area contributed by atoms with Gasteiger partial charge in [-0.25, -0.2) is 4.98 Å². The first-order valence-electron chi connectivity index (χ1n) is 7.18. The Labute approximate surface area is 122 Å². The average molecular weight is 286 g/mol. The highest BCUT2D eigenvalue weighted by molar-refractivity contribution is 5.93. The number of piperidine rings is 1. The van der Waals surface area contributed by atoms with Gasteiger partial charge in [0.2, 0.25) is 0 Å². The quantitative estimate of drug-likeness (QED) is 0.907. The summed E-state index contributed by atoms with van der Waals surface area (Å²) in [6, 6.07) is 7.17. The fraction of sp³-hybridized carbons (Fsp3) is 0.375. The van der Waals surface area contributed by atoms with Gasteiger partial charge in [0.1, 0.15) is 11.6 Å². The highest BCUT2D eigenvalue weighted by atomic mass is 16.4. The summed E-state index contributed by atoms with van der Waals surface area (Å²) in [5.41, 5.74) is 0. The standard InChI is InChI=1S/C16H18N2O3/c19-13-4-3-12-5-6-17-16(14(12)9-13)18-7-1-2-11(10-18)8-15(20)21/h3-6,9,11,19H,1-2,7-8,10H2,(H,20,21). The molecule has 0 amide bonds. The molecule has 21 heavy (non-hydrogen) atoms. The number of anilines is 1. The Morgan fingerprint density at radius 2 is 2.24 bits per heavy atom. The first-order chi connectivity index (χ1) is 10.1. The predicted molar refractivity (Wildman–Crippen MR) is 80.6 cm³/mol. The molecule has 1 aliphatic rings. The topological polar surface area (TPSA) is 73.7 Å². The number of nitrogens with zero attached hydrogens (tertiary/aromatic N) is 2. The lowest BCUT2D eigenvalue weighted by molar-refractivity contribution is -0.138. The zero-order valence-corrected chi connectivity index (χ0v) is 11.7. The second-order valence-corrected chi connectivity index (χ2v) is 5.59. The van der Waals surface area contributed by atoms with E-state index in [9.17, 15) is 9.90 Å². The number of aliphatic carboxylic acids is 1. The number of carboxylic acid groups (broad SMARTS) is 1. The number of pyridine rings is 1. The van der Waals surface area contributed by atoms with Crippen LogP contribution in [0.2, 0.25) is 0 Å². The number of hydrogen-bond donors (Lipinski definition) is 2. The van der Waals surface area contributed by atoms with Crippen molar-refractivity contribution in [2.24, 2.45) is 5.92 Å². The van der Waals surface area contributed by atoms with E-state index in [1.807, 2.05) is 12.1 Å². The van der Waals surface area contributed by atoms with E-state index in [4.69, 9.17) is 5.11 Å². The van der Waals surface area contributed by atoms with Gasteiger partial charge in [0.25, 0.3) is 0 Å². The molecule has 1 unspecified atom stereocenters. The number of fused-ring (bicyclic) bond motifs is 1. The fourth-order valence-corrected chi connectivity index (χ4v) is 3.06. The normalized spacial score (nSPS) is 18.9. The molecule has 2 heterocycles. The molecule has 1 aromatic carbocycles. The minimum atomic E-state index is -0.745. The number of rotatable bonds is 3. The van der Waals surface area contributed by atoms with Crippen LogP contribution < -0.4 is 4.90 Å². The number of aromatic hydroxyl groups is 1. The molecule has 1 atom stereocenters. The summed E-state index contributed by atoms with van der Waals surface area (Å²) in [4.78, 5) is 17.5. The third-order valence-electron chi connectivity index (χ3n) is 4.01. The van der Waals surface area contributed by atoms with Crippen molar-refractivity contribution in [2.45, 2.75) is 19.3 Å². The molecule has 0 bridgehead atoms. The van der Waals surface area contributed by atoms with E-state index in [1.165, 1.54) is 0 Å². The van der Waals surface area contributed by atoms with Crippen molar-refractivity contribution < 1.29 is 15.0 Å². The van der Waals surface area contributed by atoms with Gasteiger partial charge in [-0.15, -0.1) is 0 Å². The summed E-state index contributed by atoms with van der Waals surface area (Å²) in [6.45, 7) is 1.58. The number of phenolic OH excluding ortho intramolecular Hbond substituents is 1. The number of phenols is 1. The second kappa shape index (κ2) is 5.60. The summed E-state index contributed by atoms with van der Waals surface area (Å²) in [7, 11) is 0. The molecule has 1 aliphatic heterocycles. The van der Waals surface area contributed by atoms with Crippen molar-refractivity contribution in [1.82, 2.24) is 4.98 Å². The highest BCUT2D eigenvalue weighted by Gasteiger charge is 2.24. The largest absolute Gasteiger partial charge is 0.508 e. The first kappa shape index (κ1) is 13.7. The Morgan fingerprint density at radius 3 is 3.05 bits per heavy atom. The van der Waals surface area contributed by atoms with Gasteiger partial charge in [0.15, 0.2) is 0 Å². The average Bonchev–Trinajstić information content (AvgIpc) is 2.46. The summed E-state index contributed by atoms with van der Waals surface area (Å²) >= 11 is 0. The maximum atomic E-state index is 10.9. The summed E-state index contributed by atoms with van der Waals surface area (Å²) in [5, 5.41) is 20.6. The SMILES string of the molecule is O=C(O)CC1CCCN(c2nccc3ccc(O)cc23)C1. The van der Waals surface area contributed by atoms with Crippen LogP contribution in [0.5, 0.6) is 5.75 Å². The van der Waals surface area contributed by atoms with Gasteiger partial charge in [-0.1, -0.05) is 6.07 Å². The number of hydrogen-bond acceptors (Lipinski definition) is 4. The van der Waals surface area contributed by atoms with E-state index >= 15 is 0 Å². The fourth-order valence-electron chi connectivity index (χ4n) is 3.06. The minimum Gasteiger partial charge on any atom is -0.508 e. The zero-order valence-electron chi connectivity index (χ0n) is 11.7. The van der Waals surface area contributed by atoms with Gasteiger partial charge in [0, 0.05) is 31.1 Å². The van der Waals surface area contributed by atoms with Crippen LogP contribution in [0.25, 0.3) is 10.8 Å². The van der Waals surface area contributed by atoms with Crippen LogP contribution in [-0.2, 0) is 4.79 Å². The van der Waals surface area contributed by atoms with E-state index in [1.54, 1.807) is 18.3 Å². The lowest BCUT2D eigenvalue weighted by Crippen LogP contribution is -2.36. The molecule has 2 N–H and O–H groups in total. The molecule has 1 fully saturated rings. The van der Waals surface area contributed by atoms with Gasteiger partial charge >= 0.3 is 5.97 Å². The molecule has 1 saturated heterocycles. The summed E-state index contributed by atoms with van der Waals surface area (Å²) in [6.07, 6.45) is 3.87. The Hall–Kier alpha value is -2.30. The van der Waals surface area contributed by atoms with Crippen LogP contribution in [0.3, 0.4) is 0 Å². The van der Waals surface area contributed by atoms with Crippen LogP contribution in [0.4, 0.5) is 5.82 Å². The van der Waals surface area contributed by atoms with Crippen LogP contribution in [0.1, 0.15) is 19.3 Å². The molecule has 5 heteroatoms. The molecule has 1 aromatic heterocycles. The van der Waals surface area contributed by atoms with Crippen molar-refractivity contribution in [2.75, 3.05) is 18.0 Å². The smallest absolute Gasteiger partial charge is 0.303 e. The molecule has 0 aliphatic carbocycles. The van der Waals surface area contributed by atoms with Gasteiger partial charge in [-0.2, -0.15) is 0 Å².